The first kappa shape index (κ1) is 13.4. The lowest BCUT2D eigenvalue weighted by molar-refractivity contribution is -0.126. The number of halogens is 2. The maximum Gasteiger partial charge on any atom is 0.225 e. The van der Waals surface area contributed by atoms with Crippen LogP contribution < -0.4 is 5.32 Å². The van der Waals surface area contributed by atoms with Crippen molar-refractivity contribution in [2.75, 3.05) is 0 Å². The minimum atomic E-state index is -0.324. The van der Waals surface area contributed by atoms with Gasteiger partial charge in [-0.15, -0.1) is 0 Å². The highest BCUT2D eigenvalue weighted by molar-refractivity contribution is 6.42. The first-order valence-corrected chi connectivity index (χ1v) is 6.58. The van der Waals surface area contributed by atoms with Crippen LogP contribution in [0.25, 0.3) is 0 Å². The molecular formula is C13H13Cl2NO2. The van der Waals surface area contributed by atoms with Gasteiger partial charge < -0.3 is 5.32 Å². The van der Waals surface area contributed by atoms with Crippen molar-refractivity contribution in [1.29, 1.82) is 0 Å². The van der Waals surface area contributed by atoms with Gasteiger partial charge in [0.2, 0.25) is 5.91 Å². The zero-order valence-corrected chi connectivity index (χ0v) is 11.2. The van der Waals surface area contributed by atoms with E-state index in [0.29, 0.717) is 22.0 Å². The Morgan fingerprint density at radius 3 is 2.83 bits per heavy atom. The maximum absolute atomic E-state index is 11.8. The molecule has 0 heterocycles. The van der Waals surface area contributed by atoms with E-state index >= 15 is 0 Å². The molecule has 1 N–H and O–H groups in total. The van der Waals surface area contributed by atoms with Crippen LogP contribution in [0.1, 0.15) is 24.8 Å². The van der Waals surface area contributed by atoms with E-state index in [0.717, 1.165) is 12.8 Å². The van der Waals surface area contributed by atoms with Crippen LogP contribution in [0.4, 0.5) is 0 Å². The van der Waals surface area contributed by atoms with Gasteiger partial charge >= 0.3 is 0 Å². The molecule has 1 aromatic rings. The molecule has 5 heteroatoms. The Morgan fingerprint density at radius 1 is 1.39 bits per heavy atom. The van der Waals surface area contributed by atoms with Crippen LogP contribution in [-0.4, -0.2) is 17.7 Å². The van der Waals surface area contributed by atoms with Gasteiger partial charge in [0.05, 0.1) is 22.5 Å². The third-order valence-electron chi connectivity index (χ3n) is 3.02. The third-order valence-corrected chi connectivity index (χ3v) is 3.88. The summed E-state index contributed by atoms with van der Waals surface area (Å²) in [4.78, 5) is 23.2. The first-order valence-electron chi connectivity index (χ1n) is 5.83. The number of benzene rings is 1. The third kappa shape index (κ3) is 3.03. The van der Waals surface area contributed by atoms with E-state index < -0.39 is 0 Å². The van der Waals surface area contributed by atoms with Crippen LogP contribution in [-0.2, 0) is 16.0 Å². The van der Waals surface area contributed by atoms with Crippen LogP contribution in [0.2, 0.25) is 10.0 Å². The predicted molar refractivity (Wildman–Crippen MR) is 71.0 cm³/mol. The standard InChI is InChI=1S/C13H13Cl2NO2/c14-9-4-1-3-8(13(9)15)7-12(18)16-10-5-2-6-11(10)17/h1,3-4,10H,2,5-7H2,(H,16,18). The van der Waals surface area contributed by atoms with E-state index in [4.69, 9.17) is 23.2 Å². The smallest absolute Gasteiger partial charge is 0.225 e. The number of ketones is 1. The second-order valence-electron chi connectivity index (χ2n) is 4.37. The van der Waals surface area contributed by atoms with Gasteiger partial charge in [-0.2, -0.15) is 0 Å². The van der Waals surface area contributed by atoms with Crippen molar-refractivity contribution >= 4 is 34.9 Å². The molecule has 0 aromatic heterocycles. The van der Waals surface area contributed by atoms with Crippen molar-refractivity contribution in [3.63, 3.8) is 0 Å². The largest absolute Gasteiger partial charge is 0.346 e. The van der Waals surface area contributed by atoms with Gasteiger partial charge in [0.15, 0.2) is 5.78 Å². The highest BCUT2D eigenvalue weighted by atomic mass is 35.5. The zero-order valence-electron chi connectivity index (χ0n) is 9.71. The monoisotopic (exact) mass is 285 g/mol. The van der Waals surface area contributed by atoms with Crippen molar-refractivity contribution in [3.8, 4) is 0 Å². The number of Topliss-reactive ketones (excluding diaryl/α,β-unsaturated/α-hetero) is 1. The fourth-order valence-electron chi connectivity index (χ4n) is 2.07. The molecule has 0 bridgehead atoms. The summed E-state index contributed by atoms with van der Waals surface area (Å²) in [6.45, 7) is 0. The molecule has 1 amide bonds. The fourth-order valence-corrected chi connectivity index (χ4v) is 2.46. The Kier molecular flexibility index (Phi) is 4.25. The molecule has 1 aliphatic rings. The lowest BCUT2D eigenvalue weighted by atomic mass is 10.1. The van der Waals surface area contributed by atoms with Gasteiger partial charge in [0, 0.05) is 6.42 Å². The number of nitrogens with one attached hydrogen (secondary N) is 1. The number of hydrogen-bond acceptors (Lipinski definition) is 2. The summed E-state index contributed by atoms with van der Waals surface area (Å²) in [6, 6.07) is 4.85. The summed E-state index contributed by atoms with van der Waals surface area (Å²) in [5.41, 5.74) is 0.673. The van der Waals surface area contributed by atoms with Gasteiger partial charge in [-0.3, -0.25) is 9.59 Å². The van der Waals surface area contributed by atoms with Crippen molar-refractivity contribution < 1.29 is 9.59 Å². The summed E-state index contributed by atoms with van der Waals surface area (Å²) in [5.74, 6) is -0.0834. The minimum Gasteiger partial charge on any atom is -0.346 e. The lowest BCUT2D eigenvalue weighted by Gasteiger charge is -2.11. The molecule has 0 aliphatic heterocycles. The summed E-state index contributed by atoms with van der Waals surface area (Å²) in [7, 11) is 0. The molecule has 3 nitrogen and oxygen atoms in total. The Morgan fingerprint density at radius 2 is 2.17 bits per heavy atom. The van der Waals surface area contributed by atoms with Gasteiger partial charge in [-0.25, -0.2) is 0 Å². The molecule has 2 rings (SSSR count). The average Bonchev–Trinajstić information content (AvgIpc) is 2.71. The topological polar surface area (TPSA) is 46.2 Å². The van der Waals surface area contributed by atoms with Crippen molar-refractivity contribution in [2.24, 2.45) is 0 Å². The van der Waals surface area contributed by atoms with Crippen molar-refractivity contribution in [1.82, 2.24) is 5.32 Å². The number of rotatable bonds is 3. The summed E-state index contributed by atoms with van der Waals surface area (Å²) < 4.78 is 0. The van der Waals surface area contributed by atoms with E-state index in [1.807, 2.05) is 0 Å². The Labute approximate surface area is 115 Å². The summed E-state index contributed by atoms with van der Waals surface area (Å²) >= 11 is 11.9. The van der Waals surface area contributed by atoms with Crippen molar-refractivity contribution in [3.05, 3.63) is 33.8 Å². The average molecular weight is 286 g/mol. The van der Waals surface area contributed by atoms with Gasteiger partial charge in [-0.05, 0) is 24.5 Å². The van der Waals surface area contributed by atoms with Gasteiger partial charge in [0.25, 0.3) is 0 Å². The maximum atomic E-state index is 11.8. The molecule has 0 saturated heterocycles. The molecule has 0 spiro atoms. The number of amides is 1. The molecule has 1 fully saturated rings. The van der Waals surface area contributed by atoms with E-state index in [-0.39, 0.29) is 24.2 Å². The van der Waals surface area contributed by atoms with E-state index in [1.54, 1.807) is 18.2 Å². The molecule has 0 radical (unpaired) electrons. The highest BCUT2D eigenvalue weighted by Crippen LogP contribution is 2.25. The molecule has 18 heavy (non-hydrogen) atoms. The molecule has 1 aromatic carbocycles. The van der Waals surface area contributed by atoms with Crippen LogP contribution >= 0.6 is 23.2 Å². The second-order valence-corrected chi connectivity index (χ2v) is 5.15. The molecule has 1 aliphatic carbocycles. The highest BCUT2D eigenvalue weighted by Gasteiger charge is 2.25. The van der Waals surface area contributed by atoms with Crippen LogP contribution in [0.5, 0.6) is 0 Å². The Balaban J connectivity index is 1.99. The van der Waals surface area contributed by atoms with Gasteiger partial charge in [-0.1, -0.05) is 35.3 Å². The minimum absolute atomic E-state index is 0.112. The van der Waals surface area contributed by atoms with E-state index in [2.05, 4.69) is 5.32 Å². The molecule has 1 saturated carbocycles. The lowest BCUT2D eigenvalue weighted by Crippen LogP contribution is -2.38. The van der Waals surface area contributed by atoms with Crippen LogP contribution in [0.15, 0.2) is 18.2 Å². The molecule has 96 valence electrons. The number of carbonyl (C=O) groups excluding carboxylic acids is 2. The number of carbonyl (C=O) groups is 2. The van der Waals surface area contributed by atoms with E-state index in [9.17, 15) is 9.59 Å². The predicted octanol–water partition coefficient (Wildman–Crippen LogP) is 2.77. The second kappa shape index (κ2) is 5.72. The number of hydrogen-bond donors (Lipinski definition) is 1. The van der Waals surface area contributed by atoms with Gasteiger partial charge in [0.1, 0.15) is 0 Å². The molecular weight excluding hydrogens is 273 g/mol. The van der Waals surface area contributed by atoms with Crippen LogP contribution in [0, 0.1) is 0 Å². The van der Waals surface area contributed by atoms with Crippen LogP contribution in [0.3, 0.4) is 0 Å². The van der Waals surface area contributed by atoms with E-state index in [1.165, 1.54) is 0 Å². The Bertz CT molecular complexity index is 488. The summed E-state index contributed by atoms with van der Waals surface area (Å²) in [6.07, 6.45) is 2.28. The van der Waals surface area contributed by atoms with Crippen molar-refractivity contribution in [2.45, 2.75) is 31.7 Å². The molecule has 1 atom stereocenters. The first-order chi connectivity index (χ1) is 8.58. The zero-order chi connectivity index (χ0) is 13.1. The fraction of sp³-hybridized carbons (Fsp3) is 0.385. The summed E-state index contributed by atoms with van der Waals surface area (Å²) in [5, 5.41) is 3.56. The Hall–Kier alpha value is -1.06. The normalized spacial score (nSPS) is 19.0. The quantitative estimate of drug-likeness (QED) is 0.928. The SMILES string of the molecule is O=C(Cc1cccc(Cl)c1Cl)NC1CCCC1=O. The molecule has 1 unspecified atom stereocenters.